The molecule has 0 saturated heterocycles. The van der Waals surface area contributed by atoms with Gasteiger partial charge in [0.1, 0.15) is 5.75 Å². The van der Waals surface area contributed by atoms with Crippen molar-refractivity contribution in [2.45, 2.75) is 0 Å². The predicted octanol–water partition coefficient (Wildman–Crippen LogP) is 3.85. The zero-order valence-corrected chi connectivity index (χ0v) is 12.8. The monoisotopic (exact) mass is 330 g/mol. The number of phenolic OH excluding ortho intramolecular Hbond substituents is 1. The van der Waals surface area contributed by atoms with E-state index < -0.39 is 0 Å². The van der Waals surface area contributed by atoms with Gasteiger partial charge in [0, 0.05) is 16.1 Å². The molecule has 2 aromatic carbocycles. The minimum Gasteiger partial charge on any atom is -0.507 e. The van der Waals surface area contributed by atoms with Gasteiger partial charge in [-0.2, -0.15) is 14.9 Å². The van der Waals surface area contributed by atoms with Crippen molar-refractivity contribution in [3.63, 3.8) is 0 Å². The molecule has 0 saturated carbocycles. The fourth-order valence-corrected chi connectivity index (χ4v) is 2.28. The second-order valence-corrected chi connectivity index (χ2v) is 5.30. The maximum Gasteiger partial charge on any atom is 0.216 e. The van der Waals surface area contributed by atoms with E-state index in [4.69, 9.17) is 23.8 Å². The minimum atomic E-state index is 0.0874. The topological polar surface area (TPSA) is 66.2 Å². The van der Waals surface area contributed by atoms with Crippen molar-refractivity contribution in [2.75, 3.05) is 0 Å². The first-order valence-electron chi connectivity index (χ1n) is 6.41. The Hall–Kier alpha value is -2.44. The van der Waals surface area contributed by atoms with Crippen LogP contribution in [-0.4, -0.2) is 26.2 Å². The zero-order chi connectivity index (χ0) is 15.5. The summed E-state index contributed by atoms with van der Waals surface area (Å²) in [6.45, 7) is 0. The Balaban J connectivity index is 2.03. The molecule has 0 fully saturated rings. The number of benzene rings is 2. The van der Waals surface area contributed by atoms with E-state index in [9.17, 15) is 5.11 Å². The highest BCUT2D eigenvalue weighted by molar-refractivity contribution is 7.71. The number of phenols is 1. The van der Waals surface area contributed by atoms with Crippen molar-refractivity contribution >= 4 is 30.0 Å². The first-order valence-corrected chi connectivity index (χ1v) is 7.19. The molecule has 110 valence electrons. The molecule has 0 radical (unpaired) electrons. The number of aromatic hydroxyl groups is 1. The highest BCUT2D eigenvalue weighted by Crippen LogP contribution is 2.20. The molecule has 0 spiro atoms. The average molecular weight is 331 g/mol. The summed E-state index contributed by atoms with van der Waals surface area (Å²) in [7, 11) is 0. The van der Waals surface area contributed by atoms with E-state index in [1.807, 2.05) is 30.3 Å². The van der Waals surface area contributed by atoms with Crippen LogP contribution >= 0.6 is 23.8 Å². The van der Waals surface area contributed by atoms with Crippen molar-refractivity contribution in [3.05, 3.63) is 63.9 Å². The van der Waals surface area contributed by atoms with Crippen molar-refractivity contribution in [1.29, 1.82) is 0 Å². The molecule has 3 aromatic rings. The fraction of sp³-hybridized carbons (Fsp3) is 0. The van der Waals surface area contributed by atoms with Gasteiger partial charge in [0.25, 0.3) is 0 Å². The summed E-state index contributed by atoms with van der Waals surface area (Å²) < 4.78 is 1.85. The van der Waals surface area contributed by atoms with Crippen LogP contribution in [0.1, 0.15) is 5.56 Å². The van der Waals surface area contributed by atoms with E-state index >= 15 is 0 Å². The van der Waals surface area contributed by atoms with Crippen LogP contribution in [0.3, 0.4) is 0 Å². The molecule has 22 heavy (non-hydrogen) atoms. The molecule has 0 amide bonds. The van der Waals surface area contributed by atoms with Gasteiger partial charge in [0.05, 0.1) is 6.21 Å². The minimum absolute atomic E-state index is 0.0874. The number of hydrogen-bond donors (Lipinski definition) is 2. The first-order chi connectivity index (χ1) is 10.6. The normalized spacial score (nSPS) is 11.1. The molecule has 1 aromatic heterocycles. The molecule has 0 bridgehead atoms. The van der Waals surface area contributed by atoms with Gasteiger partial charge in [-0.1, -0.05) is 41.9 Å². The Bertz CT molecular complexity index is 886. The Labute approximate surface area is 136 Å². The van der Waals surface area contributed by atoms with E-state index in [-0.39, 0.29) is 5.75 Å². The van der Waals surface area contributed by atoms with Crippen molar-refractivity contribution < 1.29 is 5.11 Å². The average Bonchev–Trinajstić information content (AvgIpc) is 2.90. The lowest BCUT2D eigenvalue weighted by atomic mass is 10.2. The van der Waals surface area contributed by atoms with Crippen LogP contribution in [0.4, 0.5) is 0 Å². The second-order valence-electron chi connectivity index (χ2n) is 4.48. The van der Waals surface area contributed by atoms with Gasteiger partial charge in [0.15, 0.2) is 5.82 Å². The molecular weight excluding hydrogens is 320 g/mol. The molecule has 0 unspecified atom stereocenters. The largest absolute Gasteiger partial charge is 0.507 e. The van der Waals surface area contributed by atoms with Crippen LogP contribution in [0.5, 0.6) is 5.75 Å². The maximum absolute atomic E-state index is 9.81. The van der Waals surface area contributed by atoms with Crippen molar-refractivity contribution in [2.24, 2.45) is 5.10 Å². The number of halogens is 1. The van der Waals surface area contributed by atoms with Gasteiger partial charge in [-0.05, 0) is 30.4 Å². The molecule has 0 aliphatic carbocycles. The number of aromatic nitrogens is 3. The van der Waals surface area contributed by atoms with Crippen molar-refractivity contribution in [1.82, 2.24) is 14.9 Å². The Morgan fingerprint density at radius 1 is 1.23 bits per heavy atom. The van der Waals surface area contributed by atoms with E-state index in [0.29, 0.717) is 21.2 Å². The smallest absolute Gasteiger partial charge is 0.216 e. The van der Waals surface area contributed by atoms with Gasteiger partial charge in [-0.25, -0.2) is 5.10 Å². The molecule has 0 atom stereocenters. The lowest BCUT2D eigenvalue weighted by Gasteiger charge is -2.02. The highest BCUT2D eigenvalue weighted by atomic mass is 35.5. The first kappa shape index (κ1) is 14.5. The van der Waals surface area contributed by atoms with Gasteiger partial charge in [0.2, 0.25) is 4.77 Å². The standard InChI is InChI=1S/C15H11ClN4OS/c16-12-6-7-13(21)11(8-12)9-17-20-14(18-19-15(20)22)10-4-2-1-3-5-10/h1-9,21H,(H,19,22)/b17-9+. The number of nitrogens with zero attached hydrogens (tertiary/aromatic N) is 3. The highest BCUT2D eigenvalue weighted by Gasteiger charge is 2.07. The van der Waals surface area contributed by atoms with Gasteiger partial charge in [-0.15, -0.1) is 0 Å². The summed E-state index contributed by atoms with van der Waals surface area (Å²) in [5, 5.41) is 21.5. The third-order valence-corrected chi connectivity index (χ3v) is 3.48. The lowest BCUT2D eigenvalue weighted by molar-refractivity contribution is 0.474. The molecule has 0 aliphatic heterocycles. The summed E-state index contributed by atoms with van der Waals surface area (Å²) >= 11 is 11.1. The van der Waals surface area contributed by atoms with Gasteiger partial charge in [-0.3, -0.25) is 0 Å². The van der Waals surface area contributed by atoms with Gasteiger partial charge >= 0.3 is 0 Å². The van der Waals surface area contributed by atoms with Crippen LogP contribution in [0.2, 0.25) is 5.02 Å². The number of rotatable bonds is 3. The molecule has 2 N–H and O–H groups in total. The summed E-state index contributed by atoms with van der Waals surface area (Å²) in [6, 6.07) is 14.3. The Kier molecular flexibility index (Phi) is 4.04. The number of aromatic amines is 1. The molecule has 1 heterocycles. The summed E-state index contributed by atoms with van der Waals surface area (Å²) in [4.78, 5) is 0. The maximum atomic E-state index is 9.81. The van der Waals surface area contributed by atoms with Crippen LogP contribution in [0, 0.1) is 4.77 Å². The molecule has 0 aliphatic rings. The van der Waals surface area contributed by atoms with Crippen LogP contribution in [0.15, 0.2) is 53.6 Å². The van der Waals surface area contributed by atoms with E-state index in [1.165, 1.54) is 17.0 Å². The lowest BCUT2D eigenvalue weighted by Crippen LogP contribution is -1.95. The third kappa shape index (κ3) is 2.93. The fourth-order valence-electron chi connectivity index (χ4n) is 1.92. The molecule has 3 rings (SSSR count). The molecular formula is C15H11ClN4OS. The summed E-state index contributed by atoms with van der Waals surface area (Å²) in [6.07, 6.45) is 1.49. The van der Waals surface area contributed by atoms with E-state index in [1.54, 1.807) is 12.1 Å². The summed E-state index contributed by atoms with van der Waals surface area (Å²) in [5.74, 6) is 0.674. The third-order valence-electron chi connectivity index (χ3n) is 2.98. The number of H-pyrrole nitrogens is 1. The molecule has 7 heteroatoms. The predicted molar refractivity (Wildman–Crippen MR) is 89.0 cm³/mol. The SMILES string of the molecule is Oc1ccc(Cl)cc1/C=N/n1c(-c2ccccc2)n[nH]c1=S. The Morgan fingerprint density at radius 3 is 2.77 bits per heavy atom. The quantitative estimate of drug-likeness (QED) is 0.566. The van der Waals surface area contributed by atoms with Crippen molar-refractivity contribution in [3.8, 4) is 17.1 Å². The number of hydrogen-bond acceptors (Lipinski definition) is 4. The second kappa shape index (κ2) is 6.13. The van der Waals surface area contributed by atoms with Crippen LogP contribution < -0.4 is 0 Å². The summed E-state index contributed by atoms with van der Waals surface area (Å²) in [5.41, 5.74) is 1.37. The van der Waals surface area contributed by atoms with Crippen LogP contribution in [-0.2, 0) is 0 Å². The van der Waals surface area contributed by atoms with E-state index in [0.717, 1.165) is 5.56 Å². The van der Waals surface area contributed by atoms with E-state index in [2.05, 4.69) is 15.3 Å². The molecule has 5 nitrogen and oxygen atoms in total. The van der Waals surface area contributed by atoms with Gasteiger partial charge < -0.3 is 5.11 Å². The van der Waals surface area contributed by atoms with Crippen LogP contribution in [0.25, 0.3) is 11.4 Å². The Morgan fingerprint density at radius 2 is 2.00 bits per heavy atom. The number of nitrogens with one attached hydrogen (secondary N) is 1. The zero-order valence-electron chi connectivity index (χ0n) is 11.3.